The van der Waals surface area contributed by atoms with E-state index >= 15 is 0 Å². The lowest BCUT2D eigenvalue weighted by atomic mass is 10.2. The van der Waals surface area contributed by atoms with E-state index < -0.39 is 0 Å². The number of aryl methyl sites for hydroxylation is 2. The zero-order valence-electron chi connectivity index (χ0n) is 18.3. The summed E-state index contributed by atoms with van der Waals surface area (Å²) in [7, 11) is 3.25. The second-order valence-corrected chi connectivity index (χ2v) is 7.65. The Morgan fingerprint density at radius 1 is 0.844 bits per heavy atom. The van der Waals surface area contributed by atoms with Crippen molar-refractivity contribution < 1.29 is 9.47 Å². The first-order valence-corrected chi connectivity index (χ1v) is 10.3. The minimum atomic E-state index is 0.201. The Labute approximate surface area is 191 Å². The molecule has 2 N–H and O–H groups in total. The van der Waals surface area contributed by atoms with E-state index in [0.29, 0.717) is 11.5 Å². The molecule has 0 saturated carbocycles. The van der Waals surface area contributed by atoms with Gasteiger partial charge in [-0.15, -0.1) is 0 Å². The number of hydrogen-bond acceptors (Lipinski definition) is 5. The maximum Gasteiger partial charge on any atom is 0.175 e. The van der Waals surface area contributed by atoms with Gasteiger partial charge in [-0.2, -0.15) is 0 Å². The molecule has 4 aromatic rings. The van der Waals surface area contributed by atoms with Crippen molar-refractivity contribution in [3.8, 4) is 22.9 Å². The van der Waals surface area contributed by atoms with Crippen molar-refractivity contribution in [2.75, 3.05) is 19.1 Å². The zero-order chi connectivity index (χ0) is 22.8. The number of benzene rings is 2. The Kier molecular flexibility index (Phi) is 5.83. The monoisotopic (exact) mass is 448 g/mol. The maximum atomic E-state index is 6.13. The molecule has 0 amide bonds. The summed E-state index contributed by atoms with van der Waals surface area (Å²) < 4.78 is 15.1. The largest absolute Gasteiger partial charge is 0.494 e. The van der Waals surface area contributed by atoms with E-state index in [1.165, 1.54) is 0 Å². The van der Waals surface area contributed by atoms with E-state index in [2.05, 4.69) is 9.97 Å². The molecule has 0 unspecified atom stereocenters. The highest BCUT2D eigenvalue weighted by Gasteiger charge is 2.18. The first-order chi connectivity index (χ1) is 15.4. The second kappa shape index (κ2) is 8.72. The third-order valence-electron chi connectivity index (χ3n) is 5.04. The van der Waals surface area contributed by atoms with E-state index in [4.69, 9.17) is 27.4 Å². The van der Waals surface area contributed by atoms with Crippen LogP contribution in [0.5, 0.6) is 11.5 Å². The van der Waals surface area contributed by atoms with Crippen molar-refractivity contribution in [2.24, 2.45) is 5.73 Å². The molecule has 0 radical (unpaired) electrons. The molecule has 0 aliphatic carbocycles. The van der Waals surface area contributed by atoms with Gasteiger partial charge in [0.2, 0.25) is 0 Å². The van der Waals surface area contributed by atoms with Crippen LogP contribution in [0.3, 0.4) is 0 Å². The Hall–Kier alpha value is -3.85. The van der Waals surface area contributed by atoms with Crippen LogP contribution in [0.15, 0.2) is 61.4 Å². The lowest BCUT2D eigenvalue weighted by Gasteiger charge is -2.25. The highest BCUT2D eigenvalue weighted by Crippen LogP contribution is 2.35. The minimum absolute atomic E-state index is 0.201. The van der Waals surface area contributed by atoms with E-state index in [1.54, 1.807) is 31.8 Å². The number of imidazole rings is 2. The van der Waals surface area contributed by atoms with Gasteiger partial charge in [-0.1, -0.05) is 0 Å². The van der Waals surface area contributed by atoms with Crippen molar-refractivity contribution in [3.63, 3.8) is 0 Å². The van der Waals surface area contributed by atoms with Gasteiger partial charge in [0.25, 0.3) is 0 Å². The Morgan fingerprint density at radius 2 is 1.28 bits per heavy atom. The number of rotatable bonds is 6. The third-order valence-corrected chi connectivity index (χ3v) is 5.23. The summed E-state index contributed by atoms with van der Waals surface area (Å²) in [6.07, 6.45) is 7.37. The van der Waals surface area contributed by atoms with Gasteiger partial charge in [0.05, 0.1) is 61.0 Å². The summed E-state index contributed by atoms with van der Waals surface area (Å²) in [5.74, 6) is 1.33. The lowest BCUT2D eigenvalue weighted by Crippen LogP contribution is -2.31. The van der Waals surface area contributed by atoms with Gasteiger partial charge in [-0.25, -0.2) is 9.97 Å². The summed E-state index contributed by atoms with van der Waals surface area (Å²) in [6.45, 7) is 3.88. The molecule has 0 aliphatic rings. The van der Waals surface area contributed by atoms with Crippen LogP contribution >= 0.6 is 12.2 Å². The van der Waals surface area contributed by atoms with Crippen LogP contribution in [0, 0.1) is 13.8 Å². The fraction of sp³-hybridized carbons (Fsp3) is 0.174. The van der Waals surface area contributed by atoms with E-state index in [1.807, 2.05) is 71.8 Å². The van der Waals surface area contributed by atoms with Crippen molar-refractivity contribution in [2.45, 2.75) is 13.8 Å². The summed E-state index contributed by atoms with van der Waals surface area (Å²) in [5.41, 5.74) is 11.2. The lowest BCUT2D eigenvalue weighted by molar-refractivity contribution is 0.413. The average molecular weight is 449 g/mol. The zero-order valence-corrected chi connectivity index (χ0v) is 19.1. The maximum absolute atomic E-state index is 6.13. The number of nitrogens with zero attached hydrogens (tertiary/aromatic N) is 5. The SMILES string of the molecule is COc1cc(N(C(N)=S)c2ccc(-n3cnc(C)c3)c(OC)c2)ccc1-n1cnc(C)c1. The molecule has 32 heavy (non-hydrogen) atoms. The summed E-state index contributed by atoms with van der Waals surface area (Å²) in [6, 6.07) is 11.5. The topological polar surface area (TPSA) is 83.4 Å². The predicted octanol–water partition coefficient (Wildman–Crippen LogP) is 4.07. The number of thiocarbonyl (C=S) groups is 1. The molecule has 2 aromatic heterocycles. The van der Waals surface area contributed by atoms with Crippen molar-refractivity contribution in [1.82, 2.24) is 19.1 Å². The number of aromatic nitrogens is 4. The van der Waals surface area contributed by atoms with Crippen LogP contribution in [0.4, 0.5) is 11.4 Å². The highest BCUT2D eigenvalue weighted by atomic mass is 32.1. The Bertz CT molecular complexity index is 1190. The van der Waals surface area contributed by atoms with Crippen molar-refractivity contribution >= 4 is 28.7 Å². The normalized spacial score (nSPS) is 10.8. The molecule has 0 aliphatic heterocycles. The molecule has 2 aromatic carbocycles. The summed E-state index contributed by atoms with van der Waals surface area (Å²) >= 11 is 5.39. The second-order valence-electron chi connectivity index (χ2n) is 7.23. The Morgan fingerprint density at radius 3 is 1.59 bits per heavy atom. The molecule has 164 valence electrons. The summed E-state index contributed by atoms with van der Waals surface area (Å²) in [4.78, 5) is 10.4. The molecule has 0 atom stereocenters. The number of hydrogen-bond donors (Lipinski definition) is 1. The van der Waals surface area contributed by atoms with Crippen LogP contribution in [0.1, 0.15) is 11.4 Å². The van der Waals surface area contributed by atoms with Crippen molar-refractivity contribution in [3.05, 3.63) is 72.8 Å². The number of methoxy groups -OCH3 is 2. The molecule has 9 heteroatoms. The Balaban J connectivity index is 1.76. The van der Waals surface area contributed by atoms with Crippen molar-refractivity contribution in [1.29, 1.82) is 0 Å². The van der Waals surface area contributed by atoms with Gasteiger partial charge >= 0.3 is 0 Å². The van der Waals surface area contributed by atoms with Gasteiger partial charge in [0.1, 0.15) is 11.5 Å². The highest BCUT2D eigenvalue weighted by molar-refractivity contribution is 7.80. The summed E-state index contributed by atoms with van der Waals surface area (Å²) in [5, 5.41) is 0.201. The molecule has 8 nitrogen and oxygen atoms in total. The van der Waals surface area contributed by atoms with Gasteiger partial charge in [-0.05, 0) is 50.3 Å². The standard InChI is InChI=1S/C23H24N6O2S/c1-15-11-27(13-25-15)19-7-5-17(9-21(19)30-3)29(23(24)32)18-6-8-20(22(10-18)31-4)28-12-16(2)26-14-28/h5-14H,1-4H3,(H2,24,32). The smallest absolute Gasteiger partial charge is 0.175 e. The number of anilines is 2. The van der Waals surface area contributed by atoms with Crippen LogP contribution in [0.2, 0.25) is 0 Å². The fourth-order valence-electron chi connectivity index (χ4n) is 3.55. The van der Waals surface area contributed by atoms with E-state index in [9.17, 15) is 0 Å². The molecule has 0 spiro atoms. The molecular formula is C23H24N6O2S. The molecular weight excluding hydrogens is 424 g/mol. The van der Waals surface area contributed by atoms with Crippen LogP contribution in [-0.2, 0) is 0 Å². The number of ether oxygens (including phenoxy) is 2. The quantitative estimate of drug-likeness (QED) is 0.445. The predicted molar refractivity (Wildman–Crippen MR) is 129 cm³/mol. The van der Waals surface area contributed by atoms with E-state index in [0.717, 1.165) is 34.1 Å². The van der Waals surface area contributed by atoms with Gasteiger partial charge in [0, 0.05) is 24.5 Å². The number of nitrogens with two attached hydrogens (primary N) is 1. The molecule has 0 fully saturated rings. The minimum Gasteiger partial charge on any atom is -0.494 e. The van der Waals surface area contributed by atoms with Gasteiger partial charge < -0.3 is 24.3 Å². The van der Waals surface area contributed by atoms with Gasteiger partial charge in [-0.3, -0.25) is 4.90 Å². The third kappa shape index (κ3) is 4.02. The molecule has 4 rings (SSSR count). The fourth-order valence-corrected chi connectivity index (χ4v) is 3.76. The van der Waals surface area contributed by atoms with Crippen LogP contribution in [-0.4, -0.2) is 38.4 Å². The first kappa shape index (κ1) is 21.4. The average Bonchev–Trinajstić information content (AvgIpc) is 3.41. The van der Waals surface area contributed by atoms with Crippen LogP contribution < -0.4 is 20.1 Å². The van der Waals surface area contributed by atoms with Crippen LogP contribution in [0.25, 0.3) is 11.4 Å². The van der Waals surface area contributed by atoms with E-state index in [-0.39, 0.29) is 5.11 Å². The van der Waals surface area contributed by atoms with Gasteiger partial charge in [0.15, 0.2) is 5.11 Å². The molecule has 0 bridgehead atoms. The molecule has 0 saturated heterocycles. The molecule has 2 heterocycles. The first-order valence-electron chi connectivity index (χ1n) is 9.89.